The molecule has 0 bridgehead atoms. The van der Waals surface area contributed by atoms with Gasteiger partial charge < -0.3 is 9.64 Å². The van der Waals surface area contributed by atoms with E-state index in [-0.39, 0.29) is 4.90 Å². The topological polar surface area (TPSA) is 100 Å². The van der Waals surface area contributed by atoms with Crippen molar-refractivity contribution in [2.75, 3.05) is 24.4 Å². The Kier molecular flexibility index (Phi) is 6.63. The van der Waals surface area contributed by atoms with E-state index >= 15 is 0 Å². The van der Waals surface area contributed by atoms with E-state index in [4.69, 9.17) is 9.72 Å². The Morgan fingerprint density at radius 3 is 2.57 bits per heavy atom. The summed E-state index contributed by atoms with van der Waals surface area (Å²) in [4.78, 5) is 6.79. The van der Waals surface area contributed by atoms with E-state index in [0.717, 1.165) is 41.3 Å². The largest absolute Gasteiger partial charge is 0.477 e. The number of benzene rings is 2. The highest BCUT2D eigenvalue weighted by Crippen LogP contribution is 2.32. The fourth-order valence-electron chi connectivity index (χ4n) is 4.47. The van der Waals surface area contributed by atoms with Gasteiger partial charge in [-0.25, -0.2) is 17.8 Å². The van der Waals surface area contributed by atoms with Crippen LogP contribution in [0.4, 0.5) is 10.1 Å². The summed E-state index contributed by atoms with van der Waals surface area (Å²) in [6.45, 7) is 10.6. The van der Waals surface area contributed by atoms with Gasteiger partial charge in [-0.3, -0.25) is 9.82 Å². The zero-order valence-corrected chi connectivity index (χ0v) is 22.1. The van der Waals surface area contributed by atoms with Gasteiger partial charge in [-0.2, -0.15) is 5.10 Å². The van der Waals surface area contributed by atoms with Crippen molar-refractivity contribution in [3.05, 3.63) is 65.6 Å². The molecule has 1 aliphatic heterocycles. The number of fused-ring (bicyclic) bond motifs is 1. The van der Waals surface area contributed by atoms with Crippen molar-refractivity contribution in [3.63, 3.8) is 0 Å². The molecule has 37 heavy (non-hydrogen) atoms. The molecule has 8 nitrogen and oxygen atoms in total. The molecule has 0 saturated carbocycles. The van der Waals surface area contributed by atoms with E-state index in [9.17, 15) is 12.8 Å². The first-order chi connectivity index (χ1) is 17.6. The number of rotatable bonds is 8. The number of H-pyrrole nitrogens is 1. The van der Waals surface area contributed by atoms with E-state index in [0.29, 0.717) is 41.4 Å². The molecule has 5 rings (SSSR count). The number of nitrogens with one attached hydrogen (secondary N) is 2. The number of aryl methyl sites for hydroxylation is 2. The van der Waals surface area contributed by atoms with Gasteiger partial charge in [0.1, 0.15) is 10.7 Å². The average Bonchev–Trinajstić information content (AvgIpc) is 3.20. The predicted molar refractivity (Wildman–Crippen MR) is 142 cm³/mol. The fourth-order valence-corrected chi connectivity index (χ4v) is 5.69. The van der Waals surface area contributed by atoms with Crippen LogP contribution in [0, 0.1) is 25.6 Å². The second-order valence-corrected chi connectivity index (χ2v) is 11.5. The SMILES string of the molecule is Cc1ccc(F)c(S(=O)(=O)Nc2ccc(-c3cc4n[nH]c(C)c4c(OCC4CN(C(C)C)C4)n3)cc2)c1. The van der Waals surface area contributed by atoms with E-state index < -0.39 is 15.8 Å². The maximum absolute atomic E-state index is 14.2. The van der Waals surface area contributed by atoms with Gasteiger partial charge in [-0.05, 0) is 63.6 Å². The lowest BCUT2D eigenvalue weighted by Gasteiger charge is -2.41. The summed E-state index contributed by atoms with van der Waals surface area (Å²) >= 11 is 0. The van der Waals surface area contributed by atoms with Crippen LogP contribution >= 0.6 is 0 Å². The number of sulfonamides is 1. The predicted octanol–water partition coefficient (Wildman–Crippen LogP) is 4.90. The highest BCUT2D eigenvalue weighted by atomic mass is 32.2. The van der Waals surface area contributed by atoms with E-state index in [1.807, 2.05) is 13.0 Å². The van der Waals surface area contributed by atoms with Crippen LogP contribution in [0.2, 0.25) is 0 Å². The Morgan fingerprint density at radius 1 is 1.14 bits per heavy atom. The fraction of sp³-hybridized carbons (Fsp3) is 0.333. The number of nitrogens with zero attached hydrogens (tertiary/aromatic N) is 3. The van der Waals surface area contributed by atoms with Crippen LogP contribution < -0.4 is 9.46 Å². The summed E-state index contributed by atoms with van der Waals surface area (Å²) < 4.78 is 48.3. The molecular weight excluding hydrogens is 493 g/mol. The van der Waals surface area contributed by atoms with Crippen LogP contribution in [0.5, 0.6) is 5.88 Å². The van der Waals surface area contributed by atoms with E-state index in [1.165, 1.54) is 12.1 Å². The molecule has 2 N–H and O–H groups in total. The second-order valence-electron chi connectivity index (χ2n) is 9.90. The van der Waals surface area contributed by atoms with Crippen molar-refractivity contribution in [3.8, 4) is 17.1 Å². The summed E-state index contributed by atoms with van der Waals surface area (Å²) in [6.07, 6.45) is 0. The maximum Gasteiger partial charge on any atom is 0.264 e. The molecule has 3 heterocycles. The Bertz CT molecular complexity index is 1540. The van der Waals surface area contributed by atoms with Crippen LogP contribution in [-0.2, 0) is 10.0 Å². The first-order valence-corrected chi connectivity index (χ1v) is 13.7. The number of aromatic amines is 1. The summed E-state index contributed by atoms with van der Waals surface area (Å²) in [5.74, 6) is 0.190. The number of aromatic nitrogens is 3. The number of likely N-dealkylation sites (tertiary alicyclic amines) is 1. The first kappa shape index (κ1) is 25.2. The zero-order chi connectivity index (χ0) is 26.3. The lowest BCUT2D eigenvalue weighted by molar-refractivity contribution is 0.0369. The molecule has 0 aliphatic carbocycles. The Morgan fingerprint density at radius 2 is 1.86 bits per heavy atom. The number of halogens is 1. The molecule has 1 aliphatic rings. The first-order valence-electron chi connectivity index (χ1n) is 12.2. The summed E-state index contributed by atoms with van der Waals surface area (Å²) in [6, 6.07) is 13.1. The third-order valence-electron chi connectivity index (χ3n) is 6.67. The normalized spacial score (nSPS) is 14.8. The monoisotopic (exact) mass is 523 g/mol. The second kappa shape index (κ2) is 9.75. The van der Waals surface area contributed by atoms with Crippen LogP contribution in [-0.4, -0.2) is 54.2 Å². The van der Waals surface area contributed by atoms with Crippen LogP contribution in [0.25, 0.3) is 22.2 Å². The lowest BCUT2D eigenvalue weighted by Crippen LogP contribution is -2.52. The molecule has 1 fully saturated rings. The molecule has 0 unspecified atom stereocenters. The molecule has 1 saturated heterocycles. The van der Waals surface area contributed by atoms with Gasteiger partial charge in [0.25, 0.3) is 10.0 Å². The van der Waals surface area contributed by atoms with Gasteiger partial charge in [0, 0.05) is 42.0 Å². The van der Waals surface area contributed by atoms with Crippen molar-refractivity contribution < 1.29 is 17.5 Å². The average molecular weight is 524 g/mol. The van der Waals surface area contributed by atoms with Crippen LogP contribution in [0.15, 0.2) is 53.4 Å². The van der Waals surface area contributed by atoms with Gasteiger partial charge in [0.15, 0.2) is 0 Å². The molecule has 4 aromatic rings. The zero-order valence-electron chi connectivity index (χ0n) is 21.2. The van der Waals surface area contributed by atoms with Crippen molar-refractivity contribution in [1.29, 1.82) is 0 Å². The number of hydrogen-bond donors (Lipinski definition) is 2. The molecule has 0 amide bonds. The van der Waals surface area contributed by atoms with Crippen LogP contribution in [0.3, 0.4) is 0 Å². The van der Waals surface area contributed by atoms with Gasteiger partial charge in [0.05, 0.1) is 23.2 Å². The lowest BCUT2D eigenvalue weighted by atomic mass is 9.99. The molecular formula is C27H30FN5O3S. The van der Waals surface area contributed by atoms with Gasteiger partial charge >= 0.3 is 0 Å². The van der Waals surface area contributed by atoms with Crippen LogP contribution in [0.1, 0.15) is 25.1 Å². The highest BCUT2D eigenvalue weighted by molar-refractivity contribution is 7.92. The summed E-state index contributed by atoms with van der Waals surface area (Å²) in [7, 11) is -4.08. The summed E-state index contributed by atoms with van der Waals surface area (Å²) in [5.41, 5.74) is 4.03. The quantitative estimate of drug-likeness (QED) is 0.341. The van der Waals surface area contributed by atoms with Gasteiger partial charge in [0.2, 0.25) is 5.88 Å². The standard InChI is InChI=1S/C27H30FN5O3S/c1-16(2)33-13-19(14-33)15-36-27-26-18(4)30-31-24(26)12-23(29-27)20-6-8-21(9-7-20)32-37(34,35)25-11-17(3)5-10-22(25)28/h5-12,16,19,32H,13-15H2,1-4H3,(H,30,31). The Labute approximate surface area is 215 Å². The van der Waals surface area contributed by atoms with Gasteiger partial charge in [-0.15, -0.1) is 0 Å². The minimum Gasteiger partial charge on any atom is -0.477 e. The highest BCUT2D eigenvalue weighted by Gasteiger charge is 2.29. The minimum atomic E-state index is -4.08. The van der Waals surface area contributed by atoms with Gasteiger partial charge in [-0.1, -0.05) is 18.2 Å². The number of pyridine rings is 1. The minimum absolute atomic E-state index is 0.317. The Balaban J connectivity index is 1.36. The molecule has 0 spiro atoms. The van der Waals surface area contributed by atoms with Crippen molar-refractivity contribution in [2.24, 2.45) is 5.92 Å². The van der Waals surface area contributed by atoms with Crippen molar-refractivity contribution in [1.82, 2.24) is 20.1 Å². The molecule has 10 heteroatoms. The van der Waals surface area contributed by atoms with E-state index in [1.54, 1.807) is 31.2 Å². The van der Waals surface area contributed by atoms with E-state index in [2.05, 4.69) is 33.7 Å². The molecule has 0 atom stereocenters. The maximum atomic E-state index is 14.2. The number of anilines is 1. The smallest absolute Gasteiger partial charge is 0.264 e. The third-order valence-corrected chi connectivity index (χ3v) is 8.06. The number of hydrogen-bond acceptors (Lipinski definition) is 6. The molecule has 0 radical (unpaired) electrons. The third kappa shape index (κ3) is 5.17. The van der Waals surface area contributed by atoms with Crippen molar-refractivity contribution in [2.45, 2.75) is 38.6 Å². The van der Waals surface area contributed by atoms with Crippen molar-refractivity contribution >= 4 is 26.6 Å². The Hall–Kier alpha value is -3.50. The molecule has 2 aromatic heterocycles. The summed E-state index contributed by atoms with van der Waals surface area (Å²) in [5, 5.41) is 8.26. The number of ether oxygens (including phenoxy) is 1. The molecule has 194 valence electrons. The molecule has 2 aromatic carbocycles.